The lowest BCUT2D eigenvalue weighted by Crippen LogP contribution is -1.98. The van der Waals surface area contributed by atoms with E-state index >= 15 is 0 Å². The highest BCUT2D eigenvalue weighted by Gasteiger charge is 1.98. The molecule has 3 heteroatoms. The number of rotatable bonds is 2. The van der Waals surface area contributed by atoms with Crippen molar-refractivity contribution in [2.24, 2.45) is 7.05 Å². The van der Waals surface area contributed by atoms with E-state index in [0.717, 1.165) is 17.4 Å². The molecule has 0 amide bonds. The lowest BCUT2D eigenvalue weighted by atomic mass is 10.3. The first-order chi connectivity index (χ1) is 4.74. The maximum absolute atomic E-state index is 4.23. The van der Waals surface area contributed by atoms with Gasteiger partial charge < -0.3 is 0 Å². The van der Waals surface area contributed by atoms with Crippen molar-refractivity contribution in [1.82, 2.24) is 9.78 Å². The summed E-state index contributed by atoms with van der Waals surface area (Å²) in [5.74, 6) is 0. The predicted molar refractivity (Wildman–Crippen MR) is 45.4 cm³/mol. The highest BCUT2D eigenvalue weighted by molar-refractivity contribution is 9.09. The molecule has 10 heavy (non-hydrogen) atoms. The Kier molecular flexibility index (Phi) is 2.49. The van der Waals surface area contributed by atoms with Crippen LogP contribution >= 0.6 is 15.9 Å². The number of aromatic nitrogens is 2. The molecule has 0 aliphatic rings. The van der Waals surface area contributed by atoms with Gasteiger partial charge in [0.15, 0.2) is 0 Å². The van der Waals surface area contributed by atoms with Gasteiger partial charge in [-0.15, -0.1) is 0 Å². The van der Waals surface area contributed by atoms with Crippen molar-refractivity contribution in [1.29, 1.82) is 0 Å². The summed E-state index contributed by atoms with van der Waals surface area (Å²) in [7, 11) is 1.98. The standard InChI is InChI=1S/C7H11BrN2/c1-6-5-7(3-4-8)10(2)9-6/h5H,3-4H2,1-2H3. The first kappa shape index (κ1) is 7.79. The Morgan fingerprint density at radius 3 is 2.80 bits per heavy atom. The first-order valence-corrected chi connectivity index (χ1v) is 4.41. The largest absolute Gasteiger partial charge is 0.272 e. The average Bonchev–Trinajstić information content (AvgIpc) is 2.13. The molecule has 0 atom stereocenters. The zero-order valence-corrected chi connectivity index (χ0v) is 7.85. The molecule has 0 fully saturated rings. The Morgan fingerprint density at radius 1 is 1.70 bits per heavy atom. The molecule has 2 nitrogen and oxygen atoms in total. The molecule has 56 valence electrons. The molecule has 1 aromatic rings. The summed E-state index contributed by atoms with van der Waals surface area (Å²) in [5, 5.41) is 5.23. The van der Waals surface area contributed by atoms with Gasteiger partial charge in [-0.1, -0.05) is 15.9 Å². The lowest BCUT2D eigenvalue weighted by Gasteiger charge is -1.95. The van der Waals surface area contributed by atoms with Gasteiger partial charge in [-0.25, -0.2) is 0 Å². The Labute approximate surface area is 69.4 Å². The normalized spacial score (nSPS) is 10.3. The van der Waals surface area contributed by atoms with E-state index in [1.165, 1.54) is 5.69 Å². The highest BCUT2D eigenvalue weighted by atomic mass is 79.9. The van der Waals surface area contributed by atoms with Crippen LogP contribution in [0.15, 0.2) is 6.07 Å². The highest BCUT2D eigenvalue weighted by Crippen LogP contribution is 2.03. The maximum atomic E-state index is 4.23. The predicted octanol–water partition coefficient (Wildman–Crippen LogP) is 1.67. The Hall–Kier alpha value is -0.310. The van der Waals surface area contributed by atoms with Crippen molar-refractivity contribution >= 4 is 15.9 Å². The summed E-state index contributed by atoms with van der Waals surface area (Å²) in [6.45, 7) is 2.01. The molecule has 0 bridgehead atoms. The summed E-state index contributed by atoms with van der Waals surface area (Å²) in [5.41, 5.74) is 2.38. The van der Waals surface area contributed by atoms with Crippen LogP contribution in [0.25, 0.3) is 0 Å². The van der Waals surface area contributed by atoms with Gasteiger partial charge in [-0.05, 0) is 19.4 Å². The van der Waals surface area contributed by atoms with Crippen molar-refractivity contribution in [3.63, 3.8) is 0 Å². The molecular formula is C7H11BrN2. The molecule has 1 heterocycles. The minimum Gasteiger partial charge on any atom is -0.272 e. The van der Waals surface area contributed by atoms with Crippen LogP contribution in [-0.4, -0.2) is 15.1 Å². The molecule has 1 rings (SSSR count). The summed E-state index contributed by atoms with van der Waals surface area (Å²) < 4.78 is 1.93. The van der Waals surface area contributed by atoms with Crippen molar-refractivity contribution in [2.45, 2.75) is 13.3 Å². The molecule has 0 aliphatic heterocycles. The van der Waals surface area contributed by atoms with Gasteiger partial charge in [0, 0.05) is 18.1 Å². The maximum Gasteiger partial charge on any atom is 0.0596 e. The van der Waals surface area contributed by atoms with Gasteiger partial charge in [-0.2, -0.15) is 5.10 Å². The topological polar surface area (TPSA) is 17.8 Å². The molecule has 0 aliphatic carbocycles. The first-order valence-electron chi connectivity index (χ1n) is 3.29. The zero-order valence-electron chi connectivity index (χ0n) is 6.26. The van der Waals surface area contributed by atoms with E-state index < -0.39 is 0 Å². The summed E-state index contributed by atoms with van der Waals surface area (Å²) in [4.78, 5) is 0. The summed E-state index contributed by atoms with van der Waals surface area (Å²) in [6.07, 6.45) is 1.05. The van der Waals surface area contributed by atoms with E-state index in [-0.39, 0.29) is 0 Å². The van der Waals surface area contributed by atoms with Crippen LogP contribution in [0.4, 0.5) is 0 Å². The molecule has 0 saturated carbocycles. The molecular weight excluding hydrogens is 192 g/mol. The fraction of sp³-hybridized carbons (Fsp3) is 0.571. The third kappa shape index (κ3) is 1.59. The minimum absolute atomic E-state index is 1.01. The minimum atomic E-state index is 1.01. The molecule has 1 aromatic heterocycles. The third-order valence-corrected chi connectivity index (χ3v) is 1.85. The number of aryl methyl sites for hydroxylation is 3. The molecule has 0 unspecified atom stereocenters. The van der Waals surface area contributed by atoms with Crippen LogP contribution < -0.4 is 0 Å². The van der Waals surface area contributed by atoms with Gasteiger partial charge in [-0.3, -0.25) is 4.68 Å². The van der Waals surface area contributed by atoms with E-state index in [1.807, 2.05) is 18.7 Å². The Morgan fingerprint density at radius 2 is 2.40 bits per heavy atom. The van der Waals surface area contributed by atoms with Gasteiger partial charge in [0.25, 0.3) is 0 Å². The van der Waals surface area contributed by atoms with E-state index in [9.17, 15) is 0 Å². The number of alkyl halides is 1. The molecule has 0 saturated heterocycles. The molecule has 0 radical (unpaired) electrons. The molecule has 0 N–H and O–H groups in total. The van der Waals surface area contributed by atoms with Gasteiger partial charge in [0.2, 0.25) is 0 Å². The van der Waals surface area contributed by atoms with Crippen LogP contribution in [0.2, 0.25) is 0 Å². The van der Waals surface area contributed by atoms with Crippen LogP contribution in [0, 0.1) is 6.92 Å². The van der Waals surface area contributed by atoms with Crippen molar-refractivity contribution < 1.29 is 0 Å². The van der Waals surface area contributed by atoms with Gasteiger partial charge >= 0.3 is 0 Å². The van der Waals surface area contributed by atoms with E-state index in [0.29, 0.717) is 0 Å². The van der Waals surface area contributed by atoms with Crippen LogP contribution in [0.5, 0.6) is 0 Å². The lowest BCUT2D eigenvalue weighted by molar-refractivity contribution is 0.713. The van der Waals surface area contributed by atoms with E-state index in [1.54, 1.807) is 0 Å². The number of hydrogen-bond donors (Lipinski definition) is 0. The van der Waals surface area contributed by atoms with Gasteiger partial charge in [0.05, 0.1) is 5.69 Å². The second-order valence-electron chi connectivity index (χ2n) is 2.34. The van der Waals surface area contributed by atoms with Crippen LogP contribution in [0.1, 0.15) is 11.4 Å². The second kappa shape index (κ2) is 3.19. The number of halogens is 1. The number of nitrogens with zero attached hydrogens (tertiary/aromatic N) is 2. The number of hydrogen-bond acceptors (Lipinski definition) is 1. The molecule has 0 spiro atoms. The monoisotopic (exact) mass is 202 g/mol. The third-order valence-electron chi connectivity index (χ3n) is 1.45. The fourth-order valence-corrected chi connectivity index (χ4v) is 1.40. The van der Waals surface area contributed by atoms with Crippen molar-refractivity contribution in [3.8, 4) is 0 Å². The van der Waals surface area contributed by atoms with Crippen molar-refractivity contribution in [3.05, 3.63) is 17.5 Å². The average molecular weight is 203 g/mol. The Bertz CT molecular complexity index is 217. The fourth-order valence-electron chi connectivity index (χ4n) is 0.995. The second-order valence-corrected chi connectivity index (χ2v) is 3.13. The summed E-state index contributed by atoms with van der Waals surface area (Å²) in [6, 6.07) is 2.11. The van der Waals surface area contributed by atoms with Gasteiger partial charge in [0.1, 0.15) is 0 Å². The smallest absolute Gasteiger partial charge is 0.0596 e. The Balaban J connectivity index is 2.81. The van der Waals surface area contributed by atoms with Crippen LogP contribution in [0.3, 0.4) is 0 Å². The van der Waals surface area contributed by atoms with Crippen LogP contribution in [-0.2, 0) is 13.5 Å². The summed E-state index contributed by atoms with van der Waals surface area (Å²) >= 11 is 3.39. The van der Waals surface area contributed by atoms with Crippen molar-refractivity contribution in [2.75, 3.05) is 5.33 Å². The SMILES string of the molecule is Cc1cc(CCBr)n(C)n1. The quantitative estimate of drug-likeness (QED) is 0.668. The van der Waals surface area contributed by atoms with E-state index in [2.05, 4.69) is 27.1 Å². The zero-order chi connectivity index (χ0) is 7.56. The van der Waals surface area contributed by atoms with E-state index in [4.69, 9.17) is 0 Å². The molecule has 0 aromatic carbocycles.